The second-order valence-electron chi connectivity index (χ2n) is 9.67. The Morgan fingerprint density at radius 3 is 2.16 bits per heavy atom. The number of aliphatic hydroxyl groups excluding tert-OH is 1. The second kappa shape index (κ2) is 11.4. The number of benzene rings is 3. The summed E-state index contributed by atoms with van der Waals surface area (Å²) >= 11 is 0. The van der Waals surface area contributed by atoms with E-state index >= 15 is 0 Å². The summed E-state index contributed by atoms with van der Waals surface area (Å²) < 4.78 is 0. The minimum atomic E-state index is -0.920. The zero-order chi connectivity index (χ0) is 26.5. The summed E-state index contributed by atoms with van der Waals surface area (Å²) in [5, 5.41) is 22.7. The van der Waals surface area contributed by atoms with Crippen molar-refractivity contribution in [1.82, 2.24) is 25.2 Å². The van der Waals surface area contributed by atoms with Gasteiger partial charge in [0.2, 0.25) is 5.91 Å². The molecule has 1 fully saturated rings. The van der Waals surface area contributed by atoms with Crippen LogP contribution in [-0.4, -0.2) is 49.4 Å². The molecule has 0 spiro atoms. The molecule has 5 rings (SSSR count). The fourth-order valence-electron chi connectivity index (χ4n) is 5.05. The highest BCUT2D eigenvalue weighted by Gasteiger charge is 2.36. The van der Waals surface area contributed by atoms with E-state index in [9.17, 15) is 14.7 Å². The molecule has 1 aliphatic rings. The summed E-state index contributed by atoms with van der Waals surface area (Å²) in [5.74, 6) is -0.744. The van der Waals surface area contributed by atoms with Crippen LogP contribution in [0.5, 0.6) is 0 Å². The van der Waals surface area contributed by atoms with Crippen molar-refractivity contribution in [2.75, 3.05) is 6.54 Å². The molecule has 0 radical (unpaired) electrons. The van der Waals surface area contributed by atoms with Crippen molar-refractivity contribution in [3.8, 4) is 5.69 Å². The Bertz CT molecular complexity index is 1360. The van der Waals surface area contributed by atoms with E-state index in [1.807, 2.05) is 85.8 Å². The topological polar surface area (TPSA) is 100 Å². The molecule has 2 heterocycles. The minimum Gasteiger partial charge on any atom is -0.386 e. The van der Waals surface area contributed by atoms with Crippen molar-refractivity contribution in [3.05, 3.63) is 114 Å². The fourth-order valence-corrected chi connectivity index (χ4v) is 5.05. The molecule has 1 aliphatic heterocycles. The Labute approximate surface area is 221 Å². The van der Waals surface area contributed by atoms with Crippen LogP contribution in [0.4, 0.5) is 0 Å². The number of nitrogens with one attached hydrogen (secondary N) is 1. The van der Waals surface area contributed by atoms with Crippen LogP contribution in [0, 0.1) is 5.92 Å². The second-order valence-corrected chi connectivity index (χ2v) is 9.67. The molecule has 8 heteroatoms. The first-order chi connectivity index (χ1) is 18.5. The SMILES string of the molecule is CC1CCC(C(=O)NC(c2ccccc2)C(O)c2ccccc2)CN1C(=O)c1ccccc1-n1nccn1. The number of hydrogen-bond acceptors (Lipinski definition) is 5. The molecule has 0 bridgehead atoms. The number of amides is 2. The molecular formula is C30H31N5O3. The third-order valence-electron chi connectivity index (χ3n) is 7.20. The van der Waals surface area contributed by atoms with Gasteiger partial charge in [-0.2, -0.15) is 15.0 Å². The number of aliphatic hydroxyl groups is 1. The first kappa shape index (κ1) is 25.4. The highest BCUT2D eigenvalue weighted by Crippen LogP contribution is 2.31. The summed E-state index contributed by atoms with van der Waals surface area (Å²) in [7, 11) is 0. The monoisotopic (exact) mass is 509 g/mol. The quantitative estimate of drug-likeness (QED) is 0.391. The van der Waals surface area contributed by atoms with Crippen molar-refractivity contribution < 1.29 is 14.7 Å². The van der Waals surface area contributed by atoms with E-state index in [0.717, 1.165) is 11.1 Å². The molecule has 0 saturated carbocycles. The summed E-state index contributed by atoms with van der Waals surface area (Å²) in [6, 6.07) is 25.4. The molecule has 2 amide bonds. The van der Waals surface area contributed by atoms with Crippen LogP contribution in [0.2, 0.25) is 0 Å². The highest BCUT2D eigenvalue weighted by molar-refractivity contribution is 5.98. The summed E-state index contributed by atoms with van der Waals surface area (Å²) in [6.45, 7) is 2.29. The van der Waals surface area contributed by atoms with Gasteiger partial charge in [0.25, 0.3) is 5.91 Å². The van der Waals surface area contributed by atoms with Gasteiger partial charge >= 0.3 is 0 Å². The molecule has 0 aliphatic carbocycles. The number of carbonyl (C=O) groups excluding carboxylic acids is 2. The van der Waals surface area contributed by atoms with Gasteiger partial charge in [0.15, 0.2) is 0 Å². The number of likely N-dealkylation sites (tertiary alicyclic amines) is 1. The first-order valence-electron chi connectivity index (χ1n) is 12.9. The first-order valence-corrected chi connectivity index (χ1v) is 12.9. The van der Waals surface area contributed by atoms with E-state index in [1.165, 1.54) is 4.80 Å². The van der Waals surface area contributed by atoms with Gasteiger partial charge in [-0.15, -0.1) is 0 Å². The fraction of sp³-hybridized carbons (Fsp3) is 0.267. The number of nitrogens with zero attached hydrogens (tertiary/aromatic N) is 4. The van der Waals surface area contributed by atoms with Crippen LogP contribution in [-0.2, 0) is 4.79 Å². The maximum absolute atomic E-state index is 13.7. The lowest BCUT2D eigenvalue weighted by atomic mass is 9.90. The lowest BCUT2D eigenvalue weighted by molar-refractivity contribution is -0.128. The van der Waals surface area contributed by atoms with Gasteiger partial charge in [-0.1, -0.05) is 72.8 Å². The van der Waals surface area contributed by atoms with Crippen LogP contribution >= 0.6 is 0 Å². The van der Waals surface area contributed by atoms with E-state index in [2.05, 4.69) is 15.5 Å². The van der Waals surface area contributed by atoms with Gasteiger partial charge in [-0.25, -0.2) is 0 Å². The summed E-state index contributed by atoms with van der Waals surface area (Å²) in [4.78, 5) is 30.5. The van der Waals surface area contributed by atoms with E-state index in [-0.39, 0.29) is 24.4 Å². The predicted molar refractivity (Wildman–Crippen MR) is 143 cm³/mol. The lowest BCUT2D eigenvalue weighted by Crippen LogP contribution is -2.50. The highest BCUT2D eigenvalue weighted by atomic mass is 16.3. The molecule has 2 N–H and O–H groups in total. The molecule has 1 aromatic heterocycles. The van der Waals surface area contributed by atoms with Crippen molar-refractivity contribution in [3.63, 3.8) is 0 Å². The van der Waals surface area contributed by atoms with Crippen molar-refractivity contribution in [2.45, 2.75) is 38.0 Å². The van der Waals surface area contributed by atoms with Crippen molar-refractivity contribution in [2.24, 2.45) is 5.92 Å². The molecule has 1 saturated heterocycles. The zero-order valence-electron chi connectivity index (χ0n) is 21.2. The Morgan fingerprint density at radius 1 is 0.868 bits per heavy atom. The Balaban J connectivity index is 1.36. The molecule has 4 unspecified atom stereocenters. The summed E-state index contributed by atoms with van der Waals surface area (Å²) in [6.07, 6.45) is 3.57. The number of aromatic nitrogens is 3. The summed E-state index contributed by atoms with van der Waals surface area (Å²) in [5.41, 5.74) is 2.61. The largest absolute Gasteiger partial charge is 0.386 e. The molecule has 4 aromatic rings. The standard InChI is InChI=1S/C30H31N5O3/c1-21-16-17-24(20-34(21)30(38)25-14-8-9-15-26(25)35-31-18-19-32-35)29(37)33-27(22-10-4-2-5-11-22)28(36)23-12-6-3-7-13-23/h2-15,18-19,21,24,27-28,36H,16-17,20H2,1H3,(H,33,37). The van der Waals surface area contributed by atoms with Crippen LogP contribution < -0.4 is 5.32 Å². The molecular weight excluding hydrogens is 478 g/mol. The predicted octanol–water partition coefficient (Wildman–Crippen LogP) is 4.10. The maximum atomic E-state index is 13.7. The van der Waals surface area contributed by atoms with Gasteiger partial charge in [0.1, 0.15) is 6.10 Å². The van der Waals surface area contributed by atoms with E-state index in [4.69, 9.17) is 0 Å². The average Bonchev–Trinajstić information content (AvgIpc) is 3.51. The zero-order valence-corrected chi connectivity index (χ0v) is 21.2. The molecule has 8 nitrogen and oxygen atoms in total. The van der Waals surface area contributed by atoms with Gasteiger partial charge < -0.3 is 15.3 Å². The molecule has 3 aromatic carbocycles. The smallest absolute Gasteiger partial charge is 0.256 e. The average molecular weight is 510 g/mol. The Kier molecular flexibility index (Phi) is 7.60. The Hall–Kier alpha value is -4.30. The van der Waals surface area contributed by atoms with Gasteiger partial charge in [-0.3, -0.25) is 9.59 Å². The number of para-hydroxylation sites is 1. The van der Waals surface area contributed by atoms with Gasteiger partial charge in [0, 0.05) is 12.6 Å². The van der Waals surface area contributed by atoms with Crippen molar-refractivity contribution >= 4 is 11.8 Å². The van der Waals surface area contributed by atoms with Crippen LogP contribution in [0.3, 0.4) is 0 Å². The van der Waals surface area contributed by atoms with E-state index < -0.39 is 18.1 Å². The number of piperidine rings is 1. The number of rotatable bonds is 7. The lowest BCUT2D eigenvalue weighted by Gasteiger charge is -2.38. The van der Waals surface area contributed by atoms with Crippen molar-refractivity contribution in [1.29, 1.82) is 0 Å². The van der Waals surface area contributed by atoms with Crippen LogP contribution in [0.1, 0.15) is 53.4 Å². The number of carbonyl (C=O) groups is 2. The van der Waals surface area contributed by atoms with Gasteiger partial charge in [0.05, 0.1) is 35.6 Å². The van der Waals surface area contributed by atoms with E-state index in [1.54, 1.807) is 23.4 Å². The minimum absolute atomic E-state index is 0.0231. The molecule has 4 atom stereocenters. The number of hydrogen-bond donors (Lipinski definition) is 2. The van der Waals surface area contributed by atoms with Crippen LogP contribution in [0.15, 0.2) is 97.3 Å². The van der Waals surface area contributed by atoms with Gasteiger partial charge in [-0.05, 0) is 43.0 Å². The molecule has 38 heavy (non-hydrogen) atoms. The third-order valence-corrected chi connectivity index (χ3v) is 7.20. The third kappa shape index (κ3) is 5.35. The van der Waals surface area contributed by atoms with Crippen LogP contribution in [0.25, 0.3) is 5.69 Å². The Morgan fingerprint density at radius 2 is 1.47 bits per heavy atom. The maximum Gasteiger partial charge on any atom is 0.256 e. The molecule has 194 valence electrons. The normalized spacial score (nSPS) is 18.9. The van der Waals surface area contributed by atoms with E-state index in [0.29, 0.717) is 24.1 Å².